The molecule has 0 atom stereocenters. The number of anilines is 1. The number of rotatable bonds is 4. The first-order chi connectivity index (χ1) is 15.9. The number of hydrogen-bond donors (Lipinski definition) is 0. The maximum Gasteiger partial charge on any atom is 0.254 e. The van der Waals surface area contributed by atoms with Gasteiger partial charge in [-0.2, -0.15) is 4.31 Å². The Morgan fingerprint density at radius 1 is 0.788 bits per heavy atom. The monoisotopic (exact) mass is 463 g/mol. The van der Waals surface area contributed by atoms with Crippen LogP contribution in [0.25, 0.3) is 10.8 Å². The number of piperazine rings is 1. The number of fused-ring (bicyclic) bond motifs is 1. The van der Waals surface area contributed by atoms with E-state index in [1.807, 2.05) is 36.4 Å². The van der Waals surface area contributed by atoms with Crippen molar-refractivity contribution in [3.05, 3.63) is 72.3 Å². The highest BCUT2D eigenvalue weighted by molar-refractivity contribution is 7.89. The number of benzene rings is 3. The third-order valence-electron chi connectivity index (χ3n) is 6.36. The number of amides is 2. The van der Waals surface area contributed by atoms with Crippen LogP contribution in [0.5, 0.6) is 0 Å². The van der Waals surface area contributed by atoms with Gasteiger partial charge in [0.1, 0.15) is 0 Å². The van der Waals surface area contributed by atoms with Crippen LogP contribution in [0.2, 0.25) is 0 Å². The Hall–Kier alpha value is -3.23. The van der Waals surface area contributed by atoms with Crippen molar-refractivity contribution < 1.29 is 18.0 Å². The summed E-state index contributed by atoms with van der Waals surface area (Å²) in [5.41, 5.74) is 1.25. The molecule has 0 saturated carbocycles. The zero-order chi connectivity index (χ0) is 23.0. The summed E-state index contributed by atoms with van der Waals surface area (Å²) >= 11 is 0. The standard InChI is InChI=1S/C25H25N3O4S/c29-24-9-4-12-28(24)22-8-3-7-21(17-22)25(30)26-13-15-27(16-14-26)33(31,32)23-11-10-19-5-1-2-6-20(19)18-23/h1-3,5-8,10-11,17-18H,4,9,12-16H2. The van der Waals surface area contributed by atoms with Gasteiger partial charge in [-0.15, -0.1) is 0 Å². The molecule has 3 aromatic carbocycles. The minimum atomic E-state index is -3.64. The molecule has 0 unspecified atom stereocenters. The molecular formula is C25H25N3O4S. The van der Waals surface area contributed by atoms with Crippen LogP contribution >= 0.6 is 0 Å². The van der Waals surface area contributed by atoms with Crippen molar-refractivity contribution >= 4 is 38.3 Å². The SMILES string of the molecule is O=C(c1cccc(N2CCCC2=O)c1)N1CCN(S(=O)(=O)c2ccc3ccccc3c2)CC1. The largest absolute Gasteiger partial charge is 0.336 e. The Morgan fingerprint density at radius 3 is 2.27 bits per heavy atom. The van der Waals surface area contributed by atoms with Gasteiger partial charge in [0.25, 0.3) is 5.91 Å². The highest BCUT2D eigenvalue weighted by Crippen LogP contribution is 2.25. The molecule has 0 bridgehead atoms. The molecule has 7 nitrogen and oxygen atoms in total. The number of hydrogen-bond acceptors (Lipinski definition) is 4. The summed E-state index contributed by atoms with van der Waals surface area (Å²) in [6.45, 7) is 1.79. The Morgan fingerprint density at radius 2 is 1.55 bits per heavy atom. The van der Waals surface area contributed by atoms with E-state index in [0.717, 1.165) is 22.9 Å². The summed E-state index contributed by atoms with van der Waals surface area (Å²) in [5, 5.41) is 1.87. The topological polar surface area (TPSA) is 78.0 Å². The van der Waals surface area contributed by atoms with Gasteiger partial charge in [-0.3, -0.25) is 9.59 Å². The minimum absolute atomic E-state index is 0.0760. The zero-order valence-corrected chi connectivity index (χ0v) is 19.0. The van der Waals surface area contributed by atoms with Crippen molar-refractivity contribution in [1.29, 1.82) is 0 Å². The Bertz CT molecular complexity index is 1330. The van der Waals surface area contributed by atoms with Gasteiger partial charge in [-0.05, 0) is 47.5 Å². The Balaban J connectivity index is 1.28. The van der Waals surface area contributed by atoms with Crippen molar-refractivity contribution in [1.82, 2.24) is 9.21 Å². The molecule has 0 aromatic heterocycles. The average Bonchev–Trinajstić information content (AvgIpc) is 3.29. The summed E-state index contributed by atoms with van der Waals surface area (Å²) < 4.78 is 27.8. The van der Waals surface area contributed by atoms with Gasteiger partial charge in [0.05, 0.1) is 4.90 Å². The predicted molar refractivity (Wildman–Crippen MR) is 127 cm³/mol. The van der Waals surface area contributed by atoms with Gasteiger partial charge < -0.3 is 9.80 Å². The van der Waals surface area contributed by atoms with Crippen molar-refractivity contribution in [2.45, 2.75) is 17.7 Å². The number of carbonyl (C=O) groups excluding carboxylic acids is 2. The van der Waals surface area contributed by atoms with Gasteiger partial charge in [0.15, 0.2) is 0 Å². The lowest BCUT2D eigenvalue weighted by Crippen LogP contribution is -2.50. The second-order valence-corrected chi connectivity index (χ2v) is 10.3. The van der Waals surface area contributed by atoms with E-state index in [0.29, 0.717) is 31.6 Å². The summed E-state index contributed by atoms with van der Waals surface area (Å²) in [6, 6.07) is 19.9. The molecule has 2 saturated heterocycles. The third-order valence-corrected chi connectivity index (χ3v) is 8.26. The van der Waals surface area contributed by atoms with Gasteiger partial charge in [-0.1, -0.05) is 36.4 Å². The molecule has 3 aromatic rings. The van der Waals surface area contributed by atoms with Gasteiger partial charge >= 0.3 is 0 Å². The fourth-order valence-electron chi connectivity index (χ4n) is 4.52. The second-order valence-electron chi connectivity index (χ2n) is 8.40. The quantitative estimate of drug-likeness (QED) is 0.596. The summed E-state index contributed by atoms with van der Waals surface area (Å²) in [4.78, 5) is 28.8. The lowest BCUT2D eigenvalue weighted by Gasteiger charge is -2.34. The van der Waals surface area contributed by atoms with E-state index in [9.17, 15) is 18.0 Å². The highest BCUT2D eigenvalue weighted by atomic mass is 32.2. The maximum absolute atomic E-state index is 13.2. The summed E-state index contributed by atoms with van der Waals surface area (Å²) in [5.74, 6) is -0.0710. The molecule has 2 aliphatic heterocycles. The lowest BCUT2D eigenvalue weighted by atomic mass is 10.1. The van der Waals surface area contributed by atoms with E-state index in [1.54, 1.807) is 40.1 Å². The van der Waals surface area contributed by atoms with Crippen LogP contribution in [0.4, 0.5) is 5.69 Å². The molecule has 170 valence electrons. The summed E-state index contributed by atoms with van der Waals surface area (Å²) in [7, 11) is -3.64. The van der Waals surface area contributed by atoms with Crippen LogP contribution in [0.15, 0.2) is 71.6 Å². The normalized spacial score (nSPS) is 17.6. The van der Waals surface area contributed by atoms with Gasteiger partial charge in [-0.25, -0.2) is 8.42 Å². The minimum Gasteiger partial charge on any atom is -0.336 e. The molecular weight excluding hydrogens is 438 g/mol. The predicted octanol–water partition coefficient (Wildman–Crippen LogP) is 3.11. The van der Waals surface area contributed by atoms with Crippen molar-refractivity contribution in [3.63, 3.8) is 0 Å². The fourth-order valence-corrected chi connectivity index (χ4v) is 5.98. The van der Waals surface area contributed by atoms with Crippen LogP contribution in [-0.2, 0) is 14.8 Å². The second kappa shape index (κ2) is 8.61. The van der Waals surface area contributed by atoms with Gasteiger partial charge in [0, 0.05) is 50.4 Å². The molecule has 2 heterocycles. The molecule has 2 aliphatic rings. The van der Waals surface area contributed by atoms with Crippen molar-refractivity contribution in [2.24, 2.45) is 0 Å². The van der Waals surface area contributed by atoms with E-state index in [1.165, 1.54) is 4.31 Å². The average molecular weight is 464 g/mol. The van der Waals surface area contributed by atoms with Crippen LogP contribution < -0.4 is 4.90 Å². The maximum atomic E-state index is 13.2. The molecule has 2 fully saturated rings. The van der Waals surface area contributed by atoms with Crippen molar-refractivity contribution in [3.8, 4) is 0 Å². The highest BCUT2D eigenvalue weighted by Gasteiger charge is 2.31. The van der Waals surface area contributed by atoms with E-state index >= 15 is 0 Å². The molecule has 0 spiro atoms. The van der Waals surface area contributed by atoms with Crippen LogP contribution in [0, 0.1) is 0 Å². The number of carbonyl (C=O) groups is 2. The van der Waals surface area contributed by atoms with Crippen LogP contribution in [0.3, 0.4) is 0 Å². The van der Waals surface area contributed by atoms with E-state index in [4.69, 9.17) is 0 Å². The molecule has 33 heavy (non-hydrogen) atoms. The number of nitrogens with zero attached hydrogens (tertiary/aromatic N) is 3. The first-order valence-electron chi connectivity index (χ1n) is 11.1. The van der Waals surface area contributed by atoms with Gasteiger partial charge in [0.2, 0.25) is 15.9 Å². The first kappa shape index (κ1) is 21.6. The first-order valence-corrected chi connectivity index (χ1v) is 12.6. The molecule has 0 aliphatic carbocycles. The molecule has 0 N–H and O–H groups in total. The van der Waals surface area contributed by atoms with E-state index in [-0.39, 0.29) is 29.8 Å². The van der Waals surface area contributed by atoms with Crippen LogP contribution in [-0.4, -0.2) is 62.2 Å². The van der Waals surface area contributed by atoms with E-state index in [2.05, 4.69) is 0 Å². The fraction of sp³-hybridized carbons (Fsp3) is 0.280. The Labute approximate surface area is 193 Å². The molecule has 5 rings (SSSR count). The van der Waals surface area contributed by atoms with E-state index < -0.39 is 10.0 Å². The molecule has 2 amide bonds. The molecule has 0 radical (unpaired) electrons. The third kappa shape index (κ3) is 4.12. The van der Waals surface area contributed by atoms with Crippen LogP contribution in [0.1, 0.15) is 23.2 Å². The number of sulfonamides is 1. The van der Waals surface area contributed by atoms with Crippen molar-refractivity contribution in [2.75, 3.05) is 37.6 Å². The molecule has 8 heteroatoms. The zero-order valence-electron chi connectivity index (χ0n) is 18.2. The lowest BCUT2D eigenvalue weighted by molar-refractivity contribution is -0.117. The Kier molecular flexibility index (Phi) is 5.64. The summed E-state index contributed by atoms with van der Waals surface area (Å²) in [6.07, 6.45) is 1.36. The smallest absolute Gasteiger partial charge is 0.254 e.